The van der Waals surface area contributed by atoms with Crippen LogP contribution in [0.4, 0.5) is 9.80 Å². The Morgan fingerprint density at radius 2 is 1.94 bits per heavy atom. The van der Waals surface area contributed by atoms with E-state index in [1.165, 1.54) is 11.3 Å². The van der Waals surface area contributed by atoms with Crippen molar-refractivity contribution in [1.82, 2.24) is 10.2 Å². The number of nitrogens with zero attached hydrogens (tertiary/aromatic N) is 1. The van der Waals surface area contributed by atoms with Gasteiger partial charge in [-0.3, -0.25) is 10.1 Å². The van der Waals surface area contributed by atoms with Gasteiger partial charge in [0, 0.05) is 53.5 Å². The molecule has 1 aliphatic rings. The second-order valence-electron chi connectivity index (χ2n) is 7.75. The number of benzene rings is 2. The topological polar surface area (TPSA) is 84.5 Å². The molecule has 1 atom stereocenters. The van der Waals surface area contributed by atoms with E-state index in [-0.39, 0.29) is 17.2 Å². The summed E-state index contributed by atoms with van der Waals surface area (Å²) in [4.78, 5) is 29.5. The second-order valence-corrected chi connectivity index (χ2v) is 11.4. The van der Waals surface area contributed by atoms with Gasteiger partial charge in [0.1, 0.15) is 10.3 Å². The van der Waals surface area contributed by atoms with Crippen LogP contribution in [0.15, 0.2) is 58.3 Å². The number of urea groups is 1. The molecular weight excluding hydrogens is 474 g/mol. The Morgan fingerprint density at radius 1 is 1.18 bits per heavy atom. The lowest BCUT2D eigenvalue weighted by Crippen LogP contribution is -2.42. The highest BCUT2D eigenvalue weighted by atomic mass is 32.2. The maximum atomic E-state index is 13.5. The van der Waals surface area contributed by atoms with E-state index in [1.54, 1.807) is 11.8 Å². The Morgan fingerprint density at radius 3 is 2.67 bits per heavy atom. The van der Waals surface area contributed by atoms with Crippen LogP contribution in [0.1, 0.15) is 30.1 Å². The molecule has 0 bridgehead atoms. The average Bonchev–Trinajstić information content (AvgIpc) is 3.21. The van der Waals surface area contributed by atoms with Crippen molar-refractivity contribution >= 4 is 61.3 Å². The Hall–Kier alpha value is -2.20. The molecule has 0 saturated carbocycles. The molecular formula is C24H27N3O3S3. The standard InChI is InChI=1S/C24H27N3O3S3/c1-3-25-24(29)26-22-21(19-9-4-5-10-20(19)32-22)23(28)27-13-11-17(12-14-27)33(30)18-8-6-7-16(15-18)31-2/h4-10,15,17H,3,11-14H2,1-2H3,(H2,25,26,29). The predicted molar refractivity (Wildman–Crippen MR) is 138 cm³/mol. The normalized spacial score (nSPS) is 15.4. The third-order valence-electron chi connectivity index (χ3n) is 5.68. The molecule has 1 fully saturated rings. The predicted octanol–water partition coefficient (Wildman–Crippen LogP) is 5.18. The van der Waals surface area contributed by atoms with Crippen LogP contribution in [-0.4, -0.2) is 52.5 Å². The largest absolute Gasteiger partial charge is 0.611 e. The van der Waals surface area contributed by atoms with E-state index in [0.29, 0.717) is 43.0 Å². The van der Waals surface area contributed by atoms with E-state index in [1.807, 2.05) is 66.6 Å². The average molecular weight is 502 g/mol. The number of anilines is 1. The van der Waals surface area contributed by atoms with Crippen molar-refractivity contribution in [2.45, 2.75) is 34.8 Å². The van der Waals surface area contributed by atoms with Crippen LogP contribution in [0.25, 0.3) is 10.1 Å². The molecule has 174 valence electrons. The van der Waals surface area contributed by atoms with Crippen LogP contribution in [0.2, 0.25) is 0 Å². The number of nitrogens with one attached hydrogen (secondary N) is 2. The number of likely N-dealkylation sites (tertiary alicyclic amines) is 1. The number of thiophene rings is 1. The van der Waals surface area contributed by atoms with Crippen molar-refractivity contribution in [3.05, 3.63) is 54.1 Å². The van der Waals surface area contributed by atoms with Gasteiger partial charge in [-0.05, 0) is 42.6 Å². The van der Waals surface area contributed by atoms with Gasteiger partial charge in [-0.15, -0.1) is 23.1 Å². The summed E-state index contributed by atoms with van der Waals surface area (Å²) < 4.78 is 14.1. The SMILES string of the molecule is CCNC(=O)Nc1sc2ccccc2c1C(=O)N1CCC([S+]([O-])c2cccc(SC)c2)CC1. The number of hydrogen-bond donors (Lipinski definition) is 2. The van der Waals surface area contributed by atoms with Crippen molar-refractivity contribution in [2.24, 2.45) is 0 Å². The minimum Gasteiger partial charge on any atom is -0.611 e. The van der Waals surface area contributed by atoms with E-state index >= 15 is 0 Å². The molecule has 0 aliphatic carbocycles. The smallest absolute Gasteiger partial charge is 0.319 e. The molecule has 0 radical (unpaired) electrons. The number of amides is 3. The number of carbonyl (C=O) groups excluding carboxylic acids is 2. The molecule has 2 N–H and O–H groups in total. The lowest BCUT2D eigenvalue weighted by Gasteiger charge is -2.32. The van der Waals surface area contributed by atoms with E-state index in [4.69, 9.17) is 0 Å². The summed E-state index contributed by atoms with van der Waals surface area (Å²) in [5.74, 6) is -0.0899. The van der Waals surface area contributed by atoms with E-state index in [2.05, 4.69) is 10.6 Å². The molecule has 2 aromatic carbocycles. The van der Waals surface area contributed by atoms with E-state index in [0.717, 1.165) is 19.9 Å². The van der Waals surface area contributed by atoms with E-state index < -0.39 is 11.2 Å². The van der Waals surface area contributed by atoms with Crippen LogP contribution >= 0.6 is 23.1 Å². The van der Waals surface area contributed by atoms with Gasteiger partial charge in [0.15, 0.2) is 4.90 Å². The Bertz CT molecular complexity index is 1140. The first-order valence-electron chi connectivity index (χ1n) is 10.9. The maximum Gasteiger partial charge on any atom is 0.319 e. The molecule has 1 saturated heterocycles. The molecule has 4 rings (SSSR count). The van der Waals surface area contributed by atoms with Crippen LogP contribution < -0.4 is 10.6 Å². The number of hydrogen-bond acceptors (Lipinski definition) is 5. The summed E-state index contributed by atoms with van der Waals surface area (Å²) >= 11 is 1.95. The molecule has 33 heavy (non-hydrogen) atoms. The fourth-order valence-electron chi connectivity index (χ4n) is 4.00. The summed E-state index contributed by atoms with van der Waals surface area (Å²) in [7, 11) is 0. The molecule has 1 unspecified atom stereocenters. The number of fused-ring (bicyclic) bond motifs is 1. The van der Waals surface area contributed by atoms with Gasteiger partial charge in [0.2, 0.25) is 0 Å². The first-order chi connectivity index (χ1) is 16.0. The van der Waals surface area contributed by atoms with Crippen molar-refractivity contribution in [1.29, 1.82) is 0 Å². The monoisotopic (exact) mass is 501 g/mol. The zero-order valence-electron chi connectivity index (χ0n) is 18.6. The highest BCUT2D eigenvalue weighted by Gasteiger charge is 2.33. The molecule has 1 aliphatic heterocycles. The molecule has 1 aromatic heterocycles. The van der Waals surface area contributed by atoms with Gasteiger partial charge in [-0.2, -0.15) is 0 Å². The highest BCUT2D eigenvalue weighted by molar-refractivity contribution is 7.98. The lowest BCUT2D eigenvalue weighted by molar-refractivity contribution is 0.0729. The maximum absolute atomic E-state index is 13.5. The molecule has 6 nitrogen and oxygen atoms in total. The number of rotatable bonds is 6. The van der Waals surface area contributed by atoms with Crippen molar-refractivity contribution < 1.29 is 14.1 Å². The van der Waals surface area contributed by atoms with Gasteiger partial charge in [0.25, 0.3) is 5.91 Å². The third kappa shape index (κ3) is 5.32. The summed E-state index contributed by atoms with van der Waals surface area (Å²) in [5, 5.41) is 7.01. The molecule has 0 spiro atoms. The van der Waals surface area contributed by atoms with Crippen molar-refractivity contribution in [3.63, 3.8) is 0 Å². The van der Waals surface area contributed by atoms with Crippen molar-refractivity contribution in [2.75, 3.05) is 31.2 Å². The Balaban J connectivity index is 1.50. The fourth-order valence-corrected chi connectivity index (χ4v) is 7.11. The van der Waals surface area contributed by atoms with Crippen LogP contribution in [0.3, 0.4) is 0 Å². The zero-order chi connectivity index (χ0) is 23.4. The summed E-state index contributed by atoms with van der Waals surface area (Å²) in [6.45, 7) is 3.44. The molecule has 2 heterocycles. The first-order valence-corrected chi connectivity index (χ1v) is 14.2. The number of thioether (sulfide) groups is 1. The van der Waals surface area contributed by atoms with Crippen LogP contribution in [0.5, 0.6) is 0 Å². The lowest BCUT2D eigenvalue weighted by atomic mass is 10.1. The summed E-state index contributed by atoms with van der Waals surface area (Å²) in [5.41, 5.74) is 0.536. The fraction of sp³-hybridized carbons (Fsp3) is 0.333. The minimum absolute atomic E-state index is 0.0262. The minimum atomic E-state index is -1.10. The Kier molecular flexibility index (Phi) is 7.85. The van der Waals surface area contributed by atoms with E-state index in [9.17, 15) is 14.1 Å². The zero-order valence-corrected chi connectivity index (χ0v) is 21.1. The summed E-state index contributed by atoms with van der Waals surface area (Å²) in [6.07, 6.45) is 3.38. The molecule has 3 aromatic rings. The molecule has 9 heteroatoms. The first kappa shape index (κ1) is 23.9. The highest BCUT2D eigenvalue weighted by Crippen LogP contribution is 2.37. The van der Waals surface area contributed by atoms with Gasteiger partial charge in [0.05, 0.1) is 5.56 Å². The second kappa shape index (κ2) is 10.8. The van der Waals surface area contributed by atoms with Gasteiger partial charge in [-0.1, -0.05) is 24.3 Å². The Labute approximate surface area is 205 Å². The van der Waals surface area contributed by atoms with Crippen LogP contribution in [0, 0.1) is 0 Å². The van der Waals surface area contributed by atoms with Crippen molar-refractivity contribution in [3.8, 4) is 0 Å². The van der Waals surface area contributed by atoms with Crippen LogP contribution in [-0.2, 0) is 11.2 Å². The third-order valence-corrected chi connectivity index (χ3v) is 9.29. The van der Waals surface area contributed by atoms with Gasteiger partial charge >= 0.3 is 6.03 Å². The van der Waals surface area contributed by atoms with Gasteiger partial charge < -0.3 is 14.8 Å². The number of carbonyl (C=O) groups is 2. The molecule has 3 amide bonds. The quantitative estimate of drug-likeness (QED) is 0.360. The van der Waals surface area contributed by atoms with Gasteiger partial charge in [-0.25, -0.2) is 4.79 Å². The number of piperidine rings is 1. The summed E-state index contributed by atoms with van der Waals surface area (Å²) in [6, 6.07) is 15.3.